The van der Waals surface area contributed by atoms with E-state index in [-0.39, 0.29) is 5.54 Å². The van der Waals surface area contributed by atoms with Crippen LogP contribution in [0.5, 0.6) is 0 Å². The average molecular weight is 337 g/mol. The molecule has 0 aliphatic carbocycles. The zero-order valence-electron chi connectivity index (χ0n) is 14.3. The van der Waals surface area contributed by atoms with Gasteiger partial charge in [-0.1, -0.05) is 45.2 Å². The molecule has 1 aromatic heterocycles. The molecule has 2 rings (SSSR count). The molecule has 0 saturated heterocycles. The van der Waals surface area contributed by atoms with Crippen molar-refractivity contribution in [2.24, 2.45) is 0 Å². The van der Waals surface area contributed by atoms with Gasteiger partial charge in [0.15, 0.2) is 4.34 Å². The molecule has 2 aromatic rings. The largest absolute Gasteiger partial charge is 0.239 e. The van der Waals surface area contributed by atoms with Gasteiger partial charge in [-0.15, -0.1) is 11.3 Å². The molecule has 0 radical (unpaired) electrons. The van der Waals surface area contributed by atoms with Crippen LogP contribution >= 0.6 is 23.3 Å². The fourth-order valence-corrected chi connectivity index (χ4v) is 4.76. The van der Waals surface area contributed by atoms with Crippen LogP contribution in [0.4, 0.5) is 0 Å². The molecular formula is C18H28N2S2. The minimum Gasteiger partial charge on any atom is -0.239 e. The fourth-order valence-electron chi connectivity index (χ4n) is 2.49. The first-order valence-electron chi connectivity index (χ1n) is 8.38. The van der Waals surface area contributed by atoms with Crippen molar-refractivity contribution >= 4 is 33.5 Å². The maximum Gasteiger partial charge on any atom is 0.166 e. The van der Waals surface area contributed by atoms with Gasteiger partial charge in [-0.25, -0.2) is 9.29 Å². The van der Waals surface area contributed by atoms with E-state index in [4.69, 9.17) is 4.98 Å². The van der Waals surface area contributed by atoms with E-state index in [1.165, 1.54) is 41.1 Å². The number of fused-ring (bicyclic) bond motifs is 1. The van der Waals surface area contributed by atoms with Crippen LogP contribution in [0.1, 0.15) is 59.8 Å². The summed E-state index contributed by atoms with van der Waals surface area (Å²) in [6, 6.07) is 8.43. The number of thiazole rings is 1. The number of unbranched alkanes of at least 4 members (excludes halogenated alkanes) is 2. The Hall–Kier alpha value is -0.580. The van der Waals surface area contributed by atoms with Gasteiger partial charge in [0.1, 0.15) is 0 Å². The lowest BCUT2D eigenvalue weighted by atomic mass is 9.97. The maximum absolute atomic E-state index is 4.79. The molecule has 2 nitrogen and oxygen atoms in total. The Kier molecular flexibility index (Phi) is 6.72. The molecule has 1 aromatic carbocycles. The molecule has 0 aliphatic heterocycles. The number of rotatable bonds is 9. The molecule has 22 heavy (non-hydrogen) atoms. The number of benzene rings is 1. The third kappa shape index (κ3) is 4.71. The van der Waals surface area contributed by atoms with Crippen molar-refractivity contribution in [3.8, 4) is 0 Å². The van der Waals surface area contributed by atoms with Gasteiger partial charge in [-0.2, -0.15) is 0 Å². The van der Waals surface area contributed by atoms with Crippen molar-refractivity contribution in [1.29, 1.82) is 0 Å². The number of nitrogens with zero attached hydrogens (tertiary/aromatic N) is 2. The van der Waals surface area contributed by atoms with Crippen molar-refractivity contribution in [2.75, 3.05) is 6.54 Å². The summed E-state index contributed by atoms with van der Waals surface area (Å²) in [5, 5.41) is 0. The van der Waals surface area contributed by atoms with Gasteiger partial charge in [0.05, 0.1) is 10.2 Å². The van der Waals surface area contributed by atoms with Gasteiger partial charge in [-0.05, 0) is 50.8 Å². The second kappa shape index (κ2) is 8.32. The molecule has 0 bridgehead atoms. The lowest BCUT2D eigenvalue weighted by Gasteiger charge is -2.37. The molecule has 0 saturated carbocycles. The van der Waals surface area contributed by atoms with E-state index in [9.17, 15) is 0 Å². The average Bonchev–Trinajstić information content (AvgIpc) is 2.91. The van der Waals surface area contributed by atoms with Crippen molar-refractivity contribution < 1.29 is 0 Å². The highest BCUT2D eigenvalue weighted by molar-refractivity contribution is 7.99. The lowest BCUT2D eigenvalue weighted by Crippen LogP contribution is -2.39. The smallest absolute Gasteiger partial charge is 0.166 e. The monoisotopic (exact) mass is 336 g/mol. The second-order valence-electron chi connectivity index (χ2n) is 6.41. The molecule has 0 spiro atoms. The van der Waals surface area contributed by atoms with E-state index in [0.29, 0.717) is 0 Å². The Bertz CT molecular complexity index is 544. The third-order valence-corrected chi connectivity index (χ3v) is 6.44. The van der Waals surface area contributed by atoms with E-state index in [1.54, 1.807) is 0 Å². The highest BCUT2D eigenvalue weighted by Gasteiger charge is 2.27. The molecule has 0 fully saturated rings. The van der Waals surface area contributed by atoms with Crippen LogP contribution in [0, 0.1) is 0 Å². The van der Waals surface area contributed by atoms with Crippen LogP contribution in [0.15, 0.2) is 28.6 Å². The van der Waals surface area contributed by atoms with Gasteiger partial charge < -0.3 is 0 Å². The highest BCUT2D eigenvalue weighted by Crippen LogP contribution is 2.37. The standard InChI is InChI=1S/C18H28N2S2/c1-5-7-13-18(3,4)20(14-8-6-2)22-17-19-15-11-9-10-12-16(15)21-17/h9-12H,5-8,13-14H2,1-4H3. The van der Waals surface area contributed by atoms with Crippen molar-refractivity contribution in [2.45, 2.75) is 69.7 Å². The minimum absolute atomic E-state index is 0.216. The zero-order valence-corrected chi connectivity index (χ0v) is 15.9. The first-order chi connectivity index (χ1) is 10.6. The van der Waals surface area contributed by atoms with Crippen LogP contribution in [0.3, 0.4) is 0 Å². The Morgan fingerprint density at radius 1 is 1.14 bits per heavy atom. The SMILES string of the molecule is CCCCN(Sc1nc2ccccc2s1)C(C)(C)CCCC. The van der Waals surface area contributed by atoms with Crippen molar-refractivity contribution in [3.63, 3.8) is 0 Å². The predicted octanol–water partition coefficient (Wildman–Crippen LogP) is 6.37. The van der Waals surface area contributed by atoms with Crippen molar-refractivity contribution in [3.05, 3.63) is 24.3 Å². The molecule has 4 heteroatoms. The Balaban J connectivity index is 2.14. The summed E-state index contributed by atoms with van der Waals surface area (Å²) in [6.45, 7) is 10.4. The summed E-state index contributed by atoms with van der Waals surface area (Å²) in [5.41, 5.74) is 1.34. The number of aromatic nitrogens is 1. The summed E-state index contributed by atoms with van der Waals surface area (Å²) in [4.78, 5) is 4.79. The minimum atomic E-state index is 0.216. The lowest BCUT2D eigenvalue weighted by molar-refractivity contribution is 0.225. The van der Waals surface area contributed by atoms with E-state index < -0.39 is 0 Å². The highest BCUT2D eigenvalue weighted by atomic mass is 32.2. The van der Waals surface area contributed by atoms with Gasteiger partial charge in [-0.3, -0.25) is 0 Å². The maximum atomic E-state index is 4.79. The third-order valence-electron chi connectivity index (χ3n) is 3.99. The molecular weight excluding hydrogens is 308 g/mol. The summed E-state index contributed by atoms with van der Waals surface area (Å²) in [7, 11) is 0. The molecule has 0 atom stereocenters. The quantitative estimate of drug-likeness (QED) is 0.495. The van der Waals surface area contributed by atoms with Crippen LogP contribution in [-0.2, 0) is 0 Å². The number of hydrogen-bond acceptors (Lipinski definition) is 4. The van der Waals surface area contributed by atoms with E-state index in [2.05, 4.69) is 56.3 Å². The Morgan fingerprint density at radius 2 is 1.86 bits per heavy atom. The molecule has 0 N–H and O–H groups in total. The Morgan fingerprint density at radius 3 is 2.55 bits per heavy atom. The van der Waals surface area contributed by atoms with Crippen LogP contribution in [-0.4, -0.2) is 21.4 Å². The summed E-state index contributed by atoms with van der Waals surface area (Å²) < 4.78 is 5.01. The topological polar surface area (TPSA) is 16.1 Å². The summed E-state index contributed by atoms with van der Waals surface area (Å²) >= 11 is 3.66. The van der Waals surface area contributed by atoms with Crippen molar-refractivity contribution in [1.82, 2.24) is 9.29 Å². The first kappa shape index (κ1) is 17.8. The molecule has 122 valence electrons. The molecule has 0 amide bonds. The van der Waals surface area contributed by atoms with Gasteiger partial charge in [0.25, 0.3) is 0 Å². The summed E-state index contributed by atoms with van der Waals surface area (Å²) in [6.07, 6.45) is 6.27. The summed E-state index contributed by atoms with van der Waals surface area (Å²) in [5.74, 6) is 0. The normalized spacial score (nSPS) is 12.4. The van der Waals surface area contributed by atoms with Gasteiger partial charge in [0.2, 0.25) is 0 Å². The first-order valence-corrected chi connectivity index (χ1v) is 9.97. The number of para-hydroxylation sites is 1. The van der Waals surface area contributed by atoms with Crippen LogP contribution < -0.4 is 0 Å². The van der Waals surface area contributed by atoms with E-state index in [1.807, 2.05) is 23.3 Å². The fraction of sp³-hybridized carbons (Fsp3) is 0.611. The van der Waals surface area contributed by atoms with E-state index in [0.717, 1.165) is 12.1 Å². The molecule has 1 heterocycles. The molecule has 0 unspecified atom stereocenters. The Labute approximate surface area is 143 Å². The number of hydrogen-bond donors (Lipinski definition) is 0. The van der Waals surface area contributed by atoms with E-state index >= 15 is 0 Å². The zero-order chi connectivity index (χ0) is 16.0. The van der Waals surface area contributed by atoms with Gasteiger partial charge >= 0.3 is 0 Å². The predicted molar refractivity (Wildman–Crippen MR) is 101 cm³/mol. The second-order valence-corrected chi connectivity index (χ2v) is 8.71. The van der Waals surface area contributed by atoms with Crippen LogP contribution in [0.25, 0.3) is 10.2 Å². The molecule has 0 aliphatic rings. The van der Waals surface area contributed by atoms with Gasteiger partial charge in [0, 0.05) is 12.1 Å². The van der Waals surface area contributed by atoms with Crippen LogP contribution in [0.2, 0.25) is 0 Å².